The van der Waals surface area contributed by atoms with Crippen molar-refractivity contribution in [3.63, 3.8) is 0 Å². The Balaban J connectivity index is 1.40. The van der Waals surface area contributed by atoms with Gasteiger partial charge in [-0.25, -0.2) is 25.2 Å². The molecule has 2 fully saturated rings. The summed E-state index contributed by atoms with van der Waals surface area (Å²) in [4.78, 5) is 30.7. The van der Waals surface area contributed by atoms with E-state index in [9.17, 15) is 4.79 Å². The average molecular weight is 326 g/mol. The maximum atomic E-state index is 11.6. The number of nitrogens with zero attached hydrogens (tertiary/aromatic N) is 6. The van der Waals surface area contributed by atoms with Gasteiger partial charge in [-0.3, -0.25) is 10.3 Å². The standard InChI is InChI=1S/C15H18N8O/c24-15-20-19-11-23(15)12-2-3-13(18-10-12)21-6-8-22(9-7-21)14-16-4-1-5-17-14/h1-5,10,19H,6-9,11H2,(H,20,24). The summed E-state index contributed by atoms with van der Waals surface area (Å²) in [5, 5.41) is 0. The molecule has 2 aliphatic rings. The summed E-state index contributed by atoms with van der Waals surface area (Å²) in [6.07, 6.45) is 5.26. The van der Waals surface area contributed by atoms with Crippen LogP contribution in [0, 0.1) is 0 Å². The lowest BCUT2D eigenvalue weighted by Gasteiger charge is -2.35. The SMILES string of the molecule is O=C1NNCN1c1ccc(N2CCN(c3ncccn3)CC2)nc1. The number of rotatable bonds is 3. The monoisotopic (exact) mass is 326 g/mol. The van der Waals surface area contributed by atoms with Gasteiger partial charge in [0.25, 0.3) is 0 Å². The van der Waals surface area contributed by atoms with Gasteiger partial charge in [-0.1, -0.05) is 0 Å². The van der Waals surface area contributed by atoms with Gasteiger partial charge in [-0.15, -0.1) is 0 Å². The molecule has 124 valence electrons. The number of hydrogen-bond acceptors (Lipinski definition) is 7. The van der Waals surface area contributed by atoms with E-state index in [0.29, 0.717) is 6.67 Å². The Kier molecular flexibility index (Phi) is 3.83. The number of carbonyl (C=O) groups excluding carboxylic acids is 1. The normalized spacial score (nSPS) is 18.0. The Hall–Kier alpha value is -2.94. The van der Waals surface area contributed by atoms with Crippen molar-refractivity contribution in [1.29, 1.82) is 0 Å². The molecule has 9 heteroatoms. The van der Waals surface area contributed by atoms with Crippen LogP contribution in [0.25, 0.3) is 0 Å². The van der Waals surface area contributed by atoms with Crippen LogP contribution in [-0.2, 0) is 0 Å². The Bertz CT molecular complexity index is 699. The Morgan fingerprint density at radius 2 is 1.71 bits per heavy atom. The van der Waals surface area contributed by atoms with Crippen LogP contribution in [-0.4, -0.2) is 53.8 Å². The number of pyridine rings is 1. The van der Waals surface area contributed by atoms with Gasteiger partial charge in [0.05, 0.1) is 18.6 Å². The maximum absolute atomic E-state index is 11.6. The molecule has 0 saturated carbocycles. The van der Waals surface area contributed by atoms with Gasteiger partial charge in [0.2, 0.25) is 5.95 Å². The molecule has 0 radical (unpaired) electrons. The molecule has 9 nitrogen and oxygen atoms in total. The quantitative estimate of drug-likeness (QED) is 0.832. The molecule has 2 N–H and O–H groups in total. The number of piperazine rings is 1. The zero-order valence-electron chi connectivity index (χ0n) is 13.1. The smallest absolute Gasteiger partial charge is 0.337 e. The first-order valence-corrected chi connectivity index (χ1v) is 7.84. The van der Waals surface area contributed by atoms with Crippen molar-refractivity contribution < 1.29 is 4.79 Å². The molecule has 24 heavy (non-hydrogen) atoms. The van der Waals surface area contributed by atoms with E-state index in [1.165, 1.54) is 0 Å². The maximum Gasteiger partial charge on any atom is 0.337 e. The van der Waals surface area contributed by atoms with Gasteiger partial charge in [0.15, 0.2) is 0 Å². The average Bonchev–Trinajstić information content (AvgIpc) is 3.09. The number of amides is 2. The minimum atomic E-state index is -0.166. The third-order valence-corrected chi connectivity index (χ3v) is 4.16. The second-order valence-electron chi connectivity index (χ2n) is 5.59. The van der Waals surface area contributed by atoms with Gasteiger partial charge in [0, 0.05) is 38.6 Å². The fourth-order valence-corrected chi connectivity index (χ4v) is 2.86. The number of urea groups is 1. The summed E-state index contributed by atoms with van der Waals surface area (Å²) < 4.78 is 0. The molecule has 0 aromatic carbocycles. The predicted octanol–water partition coefficient (Wildman–Crippen LogP) is 0.190. The highest BCUT2D eigenvalue weighted by Crippen LogP contribution is 2.20. The number of hydrogen-bond donors (Lipinski definition) is 2. The molecule has 2 saturated heterocycles. The minimum absolute atomic E-state index is 0.166. The van der Waals surface area contributed by atoms with Crippen LogP contribution in [0.4, 0.5) is 22.2 Å². The zero-order valence-corrected chi connectivity index (χ0v) is 13.1. The first kappa shape index (κ1) is 14.6. The summed E-state index contributed by atoms with van der Waals surface area (Å²) >= 11 is 0. The highest BCUT2D eigenvalue weighted by molar-refractivity contribution is 5.93. The molecule has 0 bridgehead atoms. The highest BCUT2D eigenvalue weighted by Gasteiger charge is 2.23. The topological polar surface area (TPSA) is 89.5 Å². The Labute approximate surface area is 139 Å². The van der Waals surface area contributed by atoms with E-state index in [-0.39, 0.29) is 6.03 Å². The van der Waals surface area contributed by atoms with Gasteiger partial charge in [-0.05, 0) is 18.2 Å². The van der Waals surface area contributed by atoms with Gasteiger partial charge >= 0.3 is 6.03 Å². The van der Waals surface area contributed by atoms with Crippen LogP contribution in [0.2, 0.25) is 0 Å². The van der Waals surface area contributed by atoms with Crippen LogP contribution in [0.15, 0.2) is 36.8 Å². The van der Waals surface area contributed by atoms with Gasteiger partial charge < -0.3 is 9.80 Å². The minimum Gasteiger partial charge on any atom is -0.353 e. The molecule has 0 spiro atoms. The summed E-state index contributed by atoms with van der Waals surface area (Å²) in [6.45, 7) is 3.86. The van der Waals surface area contributed by atoms with Crippen LogP contribution in [0.1, 0.15) is 0 Å². The number of aromatic nitrogens is 3. The van der Waals surface area contributed by atoms with E-state index < -0.39 is 0 Å². The first-order valence-electron chi connectivity index (χ1n) is 7.84. The fraction of sp³-hybridized carbons (Fsp3) is 0.333. The van der Waals surface area contributed by atoms with Crippen LogP contribution in [0.5, 0.6) is 0 Å². The van der Waals surface area contributed by atoms with E-state index in [2.05, 4.69) is 35.6 Å². The summed E-state index contributed by atoms with van der Waals surface area (Å²) in [7, 11) is 0. The fourth-order valence-electron chi connectivity index (χ4n) is 2.86. The summed E-state index contributed by atoms with van der Waals surface area (Å²) in [5.74, 6) is 1.69. The molecule has 0 unspecified atom stereocenters. The molecule has 0 aliphatic carbocycles. The molecule has 2 aromatic heterocycles. The van der Waals surface area contributed by atoms with E-state index in [1.807, 2.05) is 18.2 Å². The zero-order chi connectivity index (χ0) is 16.4. The van der Waals surface area contributed by atoms with E-state index in [1.54, 1.807) is 23.5 Å². The Morgan fingerprint density at radius 3 is 2.33 bits per heavy atom. The van der Waals surface area contributed by atoms with Gasteiger partial charge in [0.1, 0.15) is 5.82 Å². The van der Waals surface area contributed by atoms with Crippen molar-refractivity contribution in [1.82, 2.24) is 25.8 Å². The first-order chi connectivity index (χ1) is 11.8. The lowest BCUT2D eigenvalue weighted by atomic mass is 10.3. The second-order valence-corrected chi connectivity index (χ2v) is 5.59. The lowest BCUT2D eigenvalue weighted by molar-refractivity contribution is 0.250. The summed E-state index contributed by atoms with van der Waals surface area (Å²) in [5.41, 5.74) is 6.11. The van der Waals surface area contributed by atoms with Crippen molar-refractivity contribution in [3.05, 3.63) is 36.8 Å². The van der Waals surface area contributed by atoms with E-state index in [0.717, 1.165) is 43.6 Å². The van der Waals surface area contributed by atoms with E-state index in [4.69, 9.17) is 0 Å². The van der Waals surface area contributed by atoms with Crippen LogP contribution >= 0.6 is 0 Å². The van der Waals surface area contributed by atoms with E-state index >= 15 is 0 Å². The third kappa shape index (κ3) is 2.81. The number of hydrazine groups is 1. The number of anilines is 3. The molecular formula is C15H18N8O. The van der Waals surface area contributed by atoms with Crippen molar-refractivity contribution in [2.45, 2.75) is 0 Å². The Morgan fingerprint density at radius 1 is 0.958 bits per heavy atom. The van der Waals surface area contributed by atoms with Crippen molar-refractivity contribution in [3.8, 4) is 0 Å². The molecular weight excluding hydrogens is 308 g/mol. The van der Waals surface area contributed by atoms with Crippen LogP contribution in [0.3, 0.4) is 0 Å². The largest absolute Gasteiger partial charge is 0.353 e. The third-order valence-electron chi connectivity index (χ3n) is 4.16. The second kappa shape index (κ2) is 6.28. The number of nitrogens with one attached hydrogen (secondary N) is 2. The summed E-state index contributed by atoms with van der Waals surface area (Å²) in [6, 6.07) is 5.53. The molecule has 2 amide bonds. The highest BCUT2D eigenvalue weighted by atomic mass is 16.2. The van der Waals surface area contributed by atoms with Crippen molar-refractivity contribution >= 4 is 23.5 Å². The molecule has 0 atom stereocenters. The molecule has 2 aliphatic heterocycles. The number of carbonyl (C=O) groups is 1. The van der Waals surface area contributed by atoms with Crippen molar-refractivity contribution in [2.24, 2.45) is 0 Å². The molecule has 4 heterocycles. The van der Waals surface area contributed by atoms with Gasteiger partial charge in [-0.2, -0.15) is 0 Å². The van der Waals surface area contributed by atoms with Crippen LogP contribution < -0.4 is 25.6 Å². The molecule has 2 aromatic rings. The molecule has 4 rings (SSSR count). The predicted molar refractivity (Wildman–Crippen MR) is 89.7 cm³/mol. The van der Waals surface area contributed by atoms with Crippen molar-refractivity contribution in [2.75, 3.05) is 47.5 Å². The lowest BCUT2D eigenvalue weighted by Crippen LogP contribution is -2.47.